The van der Waals surface area contributed by atoms with E-state index < -0.39 is 17.6 Å². The van der Waals surface area contributed by atoms with E-state index in [4.69, 9.17) is 0 Å². The molecule has 6 nitrogen and oxygen atoms in total. The first-order valence-corrected chi connectivity index (χ1v) is 4.33. The Hall–Kier alpha value is -2.19. The summed E-state index contributed by atoms with van der Waals surface area (Å²) in [5.74, 6) is -1.30. The average molecular weight is 246 g/mol. The van der Waals surface area contributed by atoms with Gasteiger partial charge in [-0.3, -0.25) is 9.09 Å². The highest BCUT2D eigenvalue weighted by Crippen LogP contribution is 2.27. The maximum absolute atomic E-state index is 12.4. The van der Waals surface area contributed by atoms with Gasteiger partial charge in [-0.2, -0.15) is 13.2 Å². The van der Waals surface area contributed by atoms with Crippen molar-refractivity contribution in [2.75, 3.05) is 0 Å². The van der Waals surface area contributed by atoms with Crippen LogP contribution in [0.3, 0.4) is 0 Å². The van der Waals surface area contributed by atoms with Gasteiger partial charge in [-0.1, -0.05) is 5.16 Å². The van der Waals surface area contributed by atoms with Gasteiger partial charge in [0.05, 0.1) is 0 Å². The summed E-state index contributed by atoms with van der Waals surface area (Å²) in [4.78, 5) is 17.8. The van der Waals surface area contributed by atoms with Crippen molar-refractivity contribution in [1.82, 2.24) is 19.7 Å². The summed E-state index contributed by atoms with van der Waals surface area (Å²) in [5, 5.41) is 3.29. The number of hydrogen-bond donors (Lipinski definition) is 0. The molecular weight excluding hydrogens is 241 g/mol. The van der Waals surface area contributed by atoms with E-state index in [1.807, 2.05) is 0 Å². The van der Waals surface area contributed by atoms with E-state index in [2.05, 4.69) is 19.6 Å². The maximum atomic E-state index is 12.4. The number of rotatable bonds is 1. The Kier molecular flexibility index (Phi) is 2.45. The van der Waals surface area contributed by atoms with Crippen molar-refractivity contribution in [3.05, 3.63) is 28.5 Å². The number of alkyl halides is 3. The van der Waals surface area contributed by atoms with Crippen molar-refractivity contribution in [3.63, 3.8) is 0 Å². The van der Waals surface area contributed by atoms with E-state index in [1.54, 1.807) is 0 Å². The van der Waals surface area contributed by atoms with Gasteiger partial charge in [0, 0.05) is 13.2 Å². The molecule has 0 unspecified atom stereocenters. The minimum Gasteiger partial charge on any atom is -0.295 e. The summed E-state index contributed by atoms with van der Waals surface area (Å²) >= 11 is 0. The monoisotopic (exact) mass is 246 g/mol. The number of halogens is 3. The predicted octanol–water partition coefficient (Wildman–Crippen LogP) is 0.849. The first kappa shape index (κ1) is 11.3. The molecular formula is C8H5F3N4O2. The Morgan fingerprint density at radius 2 is 2.12 bits per heavy atom. The molecule has 0 N–H and O–H groups in total. The average Bonchev–Trinajstić information content (AvgIpc) is 2.59. The van der Waals surface area contributed by atoms with Crippen LogP contribution in [0.5, 0.6) is 0 Å². The summed E-state index contributed by atoms with van der Waals surface area (Å²) in [6, 6.07) is 0.724. The van der Waals surface area contributed by atoms with Crippen molar-refractivity contribution < 1.29 is 17.7 Å². The molecule has 9 heteroatoms. The maximum Gasteiger partial charge on any atom is 0.441 e. The smallest absolute Gasteiger partial charge is 0.295 e. The zero-order valence-electron chi connectivity index (χ0n) is 8.39. The molecule has 0 bridgehead atoms. The topological polar surface area (TPSA) is 73.8 Å². The lowest BCUT2D eigenvalue weighted by molar-refractivity contribution is -0.141. The van der Waals surface area contributed by atoms with Gasteiger partial charge in [0.25, 0.3) is 0 Å². The van der Waals surface area contributed by atoms with Gasteiger partial charge in [0.15, 0.2) is 5.82 Å². The largest absolute Gasteiger partial charge is 0.441 e. The summed E-state index contributed by atoms with van der Waals surface area (Å²) in [7, 11) is 1.29. The third-order valence-corrected chi connectivity index (χ3v) is 1.95. The molecule has 0 saturated carbocycles. The molecule has 2 rings (SSSR count). The SMILES string of the molecule is Cn1c(-c2nccc(C(F)(F)F)n2)noc1=O. The van der Waals surface area contributed by atoms with Crippen LogP contribution in [0.4, 0.5) is 13.2 Å². The van der Waals surface area contributed by atoms with Gasteiger partial charge < -0.3 is 0 Å². The summed E-state index contributed by atoms with van der Waals surface area (Å²) < 4.78 is 42.3. The van der Waals surface area contributed by atoms with Gasteiger partial charge in [0.2, 0.25) is 5.82 Å². The molecule has 2 heterocycles. The van der Waals surface area contributed by atoms with Crippen molar-refractivity contribution in [1.29, 1.82) is 0 Å². The van der Waals surface area contributed by atoms with E-state index >= 15 is 0 Å². The lowest BCUT2D eigenvalue weighted by atomic mass is 10.4. The second-order valence-electron chi connectivity index (χ2n) is 3.09. The molecule has 0 aliphatic carbocycles. The van der Waals surface area contributed by atoms with Gasteiger partial charge in [-0.25, -0.2) is 14.8 Å². The van der Waals surface area contributed by atoms with Crippen molar-refractivity contribution in [3.8, 4) is 11.6 Å². The molecule has 0 aliphatic heterocycles. The van der Waals surface area contributed by atoms with Crippen LogP contribution in [0, 0.1) is 0 Å². The molecule has 0 fully saturated rings. The van der Waals surface area contributed by atoms with E-state index in [-0.39, 0.29) is 11.6 Å². The first-order valence-electron chi connectivity index (χ1n) is 4.33. The highest BCUT2D eigenvalue weighted by atomic mass is 19.4. The van der Waals surface area contributed by atoms with Gasteiger partial charge in [-0.05, 0) is 6.07 Å². The molecule has 2 aromatic heterocycles. The Morgan fingerprint density at radius 1 is 1.41 bits per heavy atom. The normalized spacial score (nSPS) is 11.8. The van der Waals surface area contributed by atoms with Crippen LogP contribution in [0.15, 0.2) is 21.6 Å². The summed E-state index contributed by atoms with van der Waals surface area (Å²) in [6.45, 7) is 0. The zero-order valence-corrected chi connectivity index (χ0v) is 8.39. The standard InChI is InChI=1S/C8H5F3N4O2/c1-15-6(14-17-7(15)16)5-12-3-2-4(13-5)8(9,10)11/h2-3H,1H3. The minimum absolute atomic E-state index is 0.166. The Labute approximate surface area is 91.7 Å². The molecule has 0 radical (unpaired) electrons. The van der Waals surface area contributed by atoms with E-state index in [1.165, 1.54) is 7.05 Å². The molecule has 0 aliphatic rings. The van der Waals surface area contributed by atoms with Crippen LogP contribution in [0.2, 0.25) is 0 Å². The Balaban J connectivity index is 2.54. The van der Waals surface area contributed by atoms with Crippen LogP contribution in [-0.4, -0.2) is 19.7 Å². The van der Waals surface area contributed by atoms with Crippen molar-refractivity contribution in [2.45, 2.75) is 6.18 Å². The molecule has 2 aromatic rings. The van der Waals surface area contributed by atoms with Crippen LogP contribution in [-0.2, 0) is 13.2 Å². The fourth-order valence-electron chi connectivity index (χ4n) is 1.11. The summed E-state index contributed by atoms with van der Waals surface area (Å²) in [6.07, 6.45) is -3.65. The quantitative estimate of drug-likeness (QED) is 0.745. The minimum atomic E-state index is -4.58. The van der Waals surface area contributed by atoms with Crippen LogP contribution >= 0.6 is 0 Å². The van der Waals surface area contributed by atoms with E-state index in [9.17, 15) is 18.0 Å². The molecule has 0 spiro atoms. The van der Waals surface area contributed by atoms with Crippen molar-refractivity contribution in [2.24, 2.45) is 7.05 Å². The second kappa shape index (κ2) is 3.68. The van der Waals surface area contributed by atoms with Crippen LogP contribution < -0.4 is 5.76 Å². The van der Waals surface area contributed by atoms with E-state index in [0.29, 0.717) is 0 Å². The third-order valence-electron chi connectivity index (χ3n) is 1.95. The molecule has 17 heavy (non-hydrogen) atoms. The predicted molar refractivity (Wildman–Crippen MR) is 47.8 cm³/mol. The lowest BCUT2D eigenvalue weighted by Crippen LogP contribution is -2.13. The fourth-order valence-corrected chi connectivity index (χ4v) is 1.11. The number of aromatic nitrogens is 4. The lowest BCUT2D eigenvalue weighted by Gasteiger charge is -2.05. The van der Waals surface area contributed by atoms with Crippen molar-refractivity contribution >= 4 is 0 Å². The molecule has 0 atom stereocenters. The van der Waals surface area contributed by atoms with Gasteiger partial charge >= 0.3 is 11.9 Å². The highest BCUT2D eigenvalue weighted by Gasteiger charge is 2.33. The number of hydrogen-bond acceptors (Lipinski definition) is 5. The molecule has 0 aromatic carbocycles. The third kappa shape index (κ3) is 2.03. The Morgan fingerprint density at radius 3 is 2.65 bits per heavy atom. The number of nitrogens with zero attached hydrogens (tertiary/aromatic N) is 4. The zero-order chi connectivity index (χ0) is 12.6. The van der Waals surface area contributed by atoms with E-state index in [0.717, 1.165) is 16.8 Å². The summed E-state index contributed by atoms with van der Waals surface area (Å²) in [5.41, 5.74) is -1.11. The fraction of sp³-hybridized carbons (Fsp3) is 0.250. The molecule has 90 valence electrons. The highest BCUT2D eigenvalue weighted by molar-refractivity contribution is 5.42. The molecule has 0 saturated heterocycles. The first-order chi connectivity index (χ1) is 7.89. The van der Waals surface area contributed by atoms with Gasteiger partial charge in [-0.15, -0.1) is 0 Å². The van der Waals surface area contributed by atoms with Crippen LogP contribution in [0.1, 0.15) is 5.69 Å². The Bertz CT molecular complexity index is 601. The second-order valence-corrected chi connectivity index (χ2v) is 3.09. The van der Waals surface area contributed by atoms with Crippen LogP contribution in [0.25, 0.3) is 11.6 Å². The van der Waals surface area contributed by atoms with Gasteiger partial charge in [0.1, 0.15) is 5.69 Å². The molecule has 0 amide bonds.